The molecule has 3 rings (SSSR count). The Labute approximate surface area is 212 Å². The summed E-state index contributed by atoms with van der Waals surface area (Å²) in [7, 11) is -4.54. The predicted molar refractivity (Wildman–Crippen MR) is 142 cm³/mol. The fourth-order valence-corrected chi connectivity index (χ4v) is 6.78. The average Bonchev–Trinajstić information content (AvgIpc) is 3.07. The van der Waals surface area contributed by atoms with Crippen LogP contribution in [0.4, 0.5) is 0 Å². The highest BCUT2D eigenvalue weighted by atomic mass is 79.9. The number of aromatic amines is 1. The summed E-state index contributed by atoms with van der Waals surface area (Å²) in [6.45, 7) is 21.4. The van der Waals surface area contributed by atoms with Crippen LogP contribution in [-0.4, -0.2) is 56.2 Å². The number of nitrogens with one attached hydrogen (secondary N) is 1. The molecule has 1 fully saturated rings. The van der Waals surface area contributed by atoms with Gasteiger partial charge in [-0.3, -0.25) is 14.3 Å². The number of ether oxygens (including phenoxy) is 1. The Kier molecular flexibility index (Phi) is 7.05. The van der Waals surface area contributed by atoms with Crippen molar-refractivity contribution in [2.24, 2.45) is 0 Å². The molecular formula is C23H39BrN2O6Si2. The van der Waals surface area contributed by atoms with Gasteiger partial charge in [-0.2, -0.15) is 0 Å². The minimum atomic E-state index is -2.41. The van der Waals surface area contributed by atoms with Gasteiger partial charge in [0, 0.05) is 6.07 Å². The van der Waals surface area contributed by atoms with Crippen LogP contribution in [0.3, 0.4) is 0 Å². The highest BCUT2D eigenvalue weighted by Crippen LogP contribution is 2.51. The van der Waals surface area contributed by atoms with Gasteiger partial charge in [0.2, 0.25) is 5.72 Å². The van der Waals surface area contributed by atoms with Gasteiger partial charge in [-0.25, -0.2) is 4.79 Å². The SMILES string of the molecule is CC(C)(C)[Si](C)(C)OC[C@H]1O[C@]2(C(Br)=Cc3cc(=O)[nH]c(=O)n32)[C@H](O[Si](C)(C)C(C)(C)C)[C@@H]1O. The molecule has 0 aromatic carbocycles. The van der Waals surface area contributed by atoms with Crippen LogP contribution in [0, 0.1) is 0 Å². The van der Waals surface area contributed by atoms with Crippen molar-refractivity contribution in [1.82, 2.24) is 9.55 Å². The normalized spacial score (nSPS) is 27.9. The van der Waals surface area contributed by atoms with E-state index in [1.54, 1.807) is 6.08 Å². The van der Waals surface area contributed by atoms with E-state index in [1.807, 2.05) is 0 Å². The summed E-state index contributed by atoms with van der Waals surface area (Å²) in [5.41, 5.74) is -2.16. The molecule has 2 aliphatic heterocycles. The zero-order valence-electron chi connectivity index (χ0n) is 21.9. The number of hydrogen-bond acceptors (Lipinski definition) is 6. The van der Waals surface area contributed by atoms with Crippen molar-refractivity contribution in [3.63, 3.8) is 0 Å². The third kappa shape index (κ3) is 4.53. The van der Waals surface area contributed by atoms with Gasteiger partial charge in [-0.05, 0) is 42.3 Å². The van der Waals surface area contributed by atoms with Gasteiger partial charge in [-0.15, -0.1) is 0 Å². The third-order valence-corrected chi connectivity index (χ3v) is 17.7. The van der Waals surface area contributed by atoms with Crippen molar-refractivity contribution in [2.45, 2.75) is 102 Å². The van der Waals surface area contributed by atoms with Gasteiger partial charge in [0.05, 0.1) is 16.8 Å². The van der Waals surface area contributed by atoms with Crippen LogP contribution in [0.1, 0.15) is 47.2 Å². The molecule has 2 aliphatic rings. The van der Waals surface area contributed by atoms with Crippen LogP contribution < -0.4 is 11.2 Å². The van der Waals surface area contributed by atoms with E-state index < -0.39 is 51.9 Å². The zero-order valence-corrected chi connectivity index (χ0v) is 25.5. The van der Waals surface area contributed by atoms with Gasteiger partial charge in [0.25, 0.3) is 5.56 Å². The molecule has 34 heavy (non-hydrogen) atoms. The van der Waals surface area contributed by atoms with Crippen LogP contribution in [0.5, 0.6) is 0 Å². The number of rotatable bonds is 5. The van der Waals surface area contributed by atoms with E-state index in [9.17, 15) is 14.7 Å². The van der Waals surface area contributed by atoms with Crippen LogP contribution in [0.15, 0.2) is 20.1 Å². The minimum Gasteiger partial charge on any atom is -0.414 e. The first kappa shape index (κ1) is 27.8. The van der Waals surface area contributed by atoms with E-state index in [1.165, 1.54) is 10.6 Å². The molecule has 8 nitrogen and oxygen atoms in total. The van der Waals surface area contributed by atoms with Crippen molar-refractivity contribution in [1.29, 1.82) is 0 Å². The number of fused-ring (bicyclic) bond motifs is 2. The maximum Gasteiger partial charge on any atom is 0.331 e. The number of aliphatic hydroxyl groups excluding tert-OH is 1. The molecule has 0 radical (unpaired) electrons. The number of H-pyrrole nitrogens is 1. The highest BCUT2D eigenvalue weighted by molar-refractivity contribution is 9.11. The lowest BCUT2D eigenvalue weighted by atomic mass is 10.0. The fraction of sp³-hybridized carbons (Fsp3) is 0.739. The van der Waals surface area contributed by atoms with E-state index in [0.717, 1.165) is 0 Å². The quantitative estimate of drug-likeness (QED) is 0.513. The van der Waals surface area contributed by atoms with Gasteiger partial charge in [-0.1, -0.05) is 57.5 Å². The molecule has 0 amide bonds. The topological polar surface area (TPSA) is 103 Å². The second-order valence-corrected chi connectivity index (χ2v) is 22.8. The molecule has 0 unspecified atom stereocenters. The molecule has 192 valence electrons. The first-order valence-corrected chi connectivity index (χ1v) is 18.3. The molecule has 1 saturated heterocycles. The summed E-state index contributed by atoms with van der Waals surface area (Å²) in [4.78, 5) is 27.4. The smallest absolute Gasteiger partial charge is 0.331 e. The Hall–Kier alpha value is -0.826. The summed E-state index contributed by atoms with van der Waals surface area (Å²) in [6.07, 6.45) is -0.973. The lowest BCUT2D eigenvalue weighted by molar-refractivity contribution is -0.109. The maximum atomic E-state index is 13.0. The number of aliphatic hydroxyl groups is 1. The van der Waals surface area contributed by atoms with Gasteiger partial charge in [0.15, 0.2) is 16.6 Å². The van der Waals surface area contributed by atoms with E-state index in [0.29, 0.717) is 10.2 Å². The summed E-state index contributed by atoms with van der Waals surface area (Å²) >= 11 is 3.59. The molecule has 1 aromatic heterocycles. The molecule has 3 heterocycles. The first-order valence-electron chi connectivity index (χ1n) is 11.7. The molecule has 0 bridgehead atoms. The highest BCUT2D eigenvalue weighted by Gasteiger charge is 2.63. The molecule has 4 atom stereocenters. The van der Waals surface area contributed by atoms with Gasteiger partial charge >= 0.3 is 5.69 Å². The first-order chi connectivity index (χ1) is 15.2. The van der Waals surface area contributed by atoms with E-state index in [-0.39, 0.29) is 16.7 Å². The summed E-state index contributed by atoms with van der Waals surface area (Å²) in [6, 6.07) is 1.34. The monoisotopic (exact) mass is 574 g/mol. The van der Waals surface area contributed by atoms with E-state index in [2.05, 4.69) is 88.6 Å². The Morgan fingerprint density at radius 1 is 1.12 bits per heavy atom. The van der Waals surface area contributed by atoms with Gasteiger partial charge in [0.1, 0.15) is 18.3 Å². The second-order valence-electron chi connectivity index (χ2n) is 12.4. The number of nitrogens with zero attached hydrogens (tertiary/aromatic N) is 1. The molecule has 2 N–H and O–H groups in total. The van der Waals surface area contributed by atoms with Crippen LogP contribution in [0.25, 0.3) is 6.08 Å². The molecule has 11 heteroatoms. The van der Waals surface area contributed by atoms with Crippen molar-refractivity contribution in [3.8, 4) is 0 Å². The van der Waals surface area contributed by atoms with Crippen molar-refractivity contribution in [2.75, 3.05) is 6.61 Å². The summed E-state index contributed by atoms with van der Waals surface area (Å²) in [5, 5.41) is 11.4. The van der Waals surface area contributed by atoms with Crippen LogP contribution in [0.2, 0.25) is 36.3 Å². The predicted octanol–water partition coefficient (Wildman–Crippen LogP) is 4.11. The molecule has 0 saturated carbocycles. The standard InChI is InChI=1S/C23H39BrN2O6Si2/c1-21(2,3)33(7,8)30-13-15-18(28)19(32-34(9,10)22(4,5)6)23(31-15)16(24)11-14-12-17(27)25-20(29)26(14)23/h11-12,15,18-19,28H,13H2,1-10H3,(H,25,27,29)/t15-,18-,19-,23-/m1/s1. The fourth-order valence-electron chi connectivity index (χ4n) is 3.75. The molecule has 1 spiro atoms. The van der Waals surface area contributed by atoms with Crippen molar-refractivity contribution >= 4 is 38.6 Å². The Bertz CT molecular complexity index is 1100. The largest absolute Gasteiger partial charge is 0.414 e. The van der Waals surface area contributed by atoms with E-state index >= 15 is 0 Å². The van der Waals surface area contributed by atoms with E-state index in [4.69, 9.17) is 13.6 Å². The zero-order chi connectivity index (χ0) is 26.1. The Morgan fingerprint density at radius 3 is 2.21 bits per heavy atom. The second kappa shape index (κ2) is 8.64. The minimum absolute atomic E-state index is 0.0118. The number of aromatic nitrogens is 2. The van der Waals surface area contributed by atoms with Crippen molar-refractivity contribution < 1.29 is 18.7 Å². The molecular weight excluding hydrogens is 536 g/mol. The van der Waals surface area contributed by atoms with Crippen LogP contribution in [-0.2, 0) is 19.3 Å². The van der Waals surface area contributed by atoms with Gasteiger partial charge < -0.3 is 18.7 Å². The number of hydrogen-bond donors (Lipinski definition) is 2. The summed E-state index contributed by atoms with van der Waals surface area (Å²) < 4.78 is 21.6. The average molecular weight is 576 g/mol. The Balaban J connectivity index is 2.10. The van der Waals surface area contributed by atoms with Crippen LogP contribution >= 0.6 is 15.9 Å². The lowest BCUT2D eigenvalue weighted by Gasteiger charge is -2.43. The lowest BCUT2D eigenvalue weighted by Crippen LogP contribution is -2.56. The third-order valence-electron chi connectivity index (χ3n) is 7.97. The summed E-state index contributed by atoms with van der Waals surface area (Å²) in [5.74, 6) is 0. The van der Waals surface area contributed by atoms with Crippen molar-refractivity contribution in [3.05, 3.63) is 37.1 Å². The Morgan fingerprint density at radius 2 is 1.68 bits per heavy atom. The number of halogens is 1. The molecule has 1 aromatic rings. The maximum absolute atomic E-state index is 13.0. The molecule has 0 aliphatic carbocycles.